The van der Waals surface area contributed by atoms with Gasteiger partial charge in [0.1, 0.15) is 0 Å². The molecular formula is C14H25N3O. The van der Waals surface area contributed by atoms with Crippen LogP contribution in [0.4, 0.5) is 0 Å². The first-order chi connectivity index (χ1) is 8.51. The van der Waals surface area contributed by atoms with Crippen LogP contribution in [-0.4, -0.2) is 31.0 Å². The number of aromatic nitrogens is 1. The number of aromatic amines is 1. The van der Waals surface area contributed by atoms with Gasteiger partial charge in [-0.05, 0) is 25.1 Å². The van der Waals surface area contributed by atoms with Gasteiger partial charge >= 0.3 is 0 Å². The third kappa shape index (κ3) is 3.88. The molecule has 0 aliphatic rings. The van der Waals surface area contributed by atoms with Crippen LogP contribution in [0.3, 0.4) is 0 Å². The fraction of sp³-hybridized carbons (Fsp3) is 0.643. The van der Waals surface area contributed by atoms with Gasteiger partial charge in [-0.25, -0.2) is 0 Å². The van der Waals surface area contributed by atoms with Crippen molar-refractivity contribution in [3.63, 3.8) is 0 Å². The zero-order valence-corrected chi connectivity index (χ0v) is 11.8. The molecule has 0 aromatic carbocycles. The summed E-state index contributed by atoms with van der Waals surface area (Å²) in [5.41, 5.74) is 1.16. The Labute approximate surface area is 110 Å². The van der Waals surface area contributed by atoms with E-state index in [2.05, 4.69) is 35.5 Å². The van der Waals surface area contributed by atoms with Gasteiger partial charge in [0.2, 0.25) is 5.91 Å². The van der Waals surface area contributed by atoms with E-state index in [1.807, 2.05) is 26.4 Å². The van der Waals surface area contributed by atoms with Crippen molar-refractivity contribution in [2.24, 2.45) is 5.92 Å². The van der Waals surface area contributed by atoms with Crippen molar-refractivity contribution in [1.29, 1.82) is 0 Å². The predicted molar refractivity (Wildman–Crippen MR) is 74.5 cm³/mol. The molecule has 0 fully saturated rings. The quantitative estimate of drug-likeness (QED) is 0.690. The van der Waals surface area contributed by atoms with Gasteiger partial charge in [-0.3, -0.25) is 4.79 Å². The lowest BCUT2D eigenvalue weighted by Crippen LogP contribution is -2.41. The first kappa shape index (κ1) is 14.8. The van der Waals surface area contributed by atoms with Crippen LogP contribution < -0.4 is 10.6 Å². The number of H-pyrrole nitrogens is 1. The summed E-state index contributed by atoms with van der Waals surface area (Å²) in [5, 5.41) is 6.11. The lowest BCUT2D eigenvalue weighted by Gasteiger charge is -2.25. The molecular weight excluding hydrogens is 226 g/mol. The standard InChI is InChI=1S/C14H25N3O/c1-5-11(8-15-4)13(18)17-10-14(2,3)12-6-7-16-9-12/h6-7,9,11,15-16H,5,8,10H2,1-4H3,(H,17,18). The highest BCUT2D eigenvalue weighted by Gasteiger charge is 2.23. The van der Waals surface area contributed by atoms with Gasteiger partial charge in [0.05, 0.1) is 5.92 Å². The van der Waals surface area contributed by atoms with Crippen molar-refractivity contribution in [2.75, 3.05) is 20.1 Å². The molecule has 0 aliphatic carbocycles. The fourth-order valence-electron chi connectivity index (χ4n) is 1.97. The zero-order valence-electron chi connectivity index (χ0n) is 11.8. The molecule has 3 N–H and O–H groups in total. The number of hydrogen-bond donors (Lipinski definition) is 3. The van der Waals surface area contributed by atoms with Crippen LogP contribution in [0.5, 0.6) is 0 Å². The van der Waals surface area contributed by atoms with E-state index in [0.29, 0.717) is 6.54 Å². The molecule has 102 valence electrons. The normalized spacial score (nSPS) is 13.3. The van der Waals surface area contributed by atoms with Crippen LogP contribution in [0.1, 0.15) is 32.8 Å². The second-order valence-corrected chi connectivity index (χ2v) is 5.36. The Hall–Kier alpha value is -1.29. The second kappa shape index (κ2) is 6.59. The molecule has 1 rings (SSSR count). The van der Waals surface area contributed by atoms with Crippen LogP contribution >= 0.6 is 0 Å². The molecule has 18 heavy (non-hydrogen) atoms. The zero-order chi connectivity index (χ0) is 13.6. The van der Waals surface area contributed by atoms with E-state index in [9.17, 15) is 4.79 Å². The first-order valence-electron chi connectivity index (χ1n) is 6.57. The number of hydrogen-bond acceptors (Lipinski definition) is 2. The lowest BCUT2D eigenvalue weighted by molar-refractivity contribution is -0.125. The number of carbonyl (C=O) groups is 1. The lowest BCUT2D eigenvalue weighted by atomic mass is 9.86. The van der Waals surface area contributed by atoms with Crippen LogP contribution in [0.25, 0.3) is 0 Å². The van der Waals surface area contributed by atoms with Crippen LogP contribution in [0.15, 0.2) is 18.5 Å². The molecule has 0 spiro atoms. The molecule has 4 heteroatoms. The molecule has 1 aromatic rings. The summed E-state index contributed by atoms with van der Waals surface area (Å²) < 4.78 is 0. The van der Waals surface area contributed by atoms with E-state index in [0.717, 1.165) is 13.0 Å². The maximum atomic E-state index is 12.0. The molecule has 0 saturated heterocycles. The third-order valence-corrected chi connectivity index (χ3v) is 3.40. The molecule has 1 heterocycles. The summed E-state index contributed by atoms with van der Waals surface area (Å²) in [4.78, 5) is 15.1. The van der Waals surface area contributed by atoms with Crippen LogP contribution in [0, 0.1) is 5.92 Å². The van der Waals surface area contributed by atoms with E-state index in [4.69, 9.17) is 0 Å². The Bertz CT molecular complexity index is 357. The fourth-order valence-corrected chi connectivity index (χ4v) is 1.97. The average molecular weight is 251 g/mol. The summed E-state index contributed by atoms with van der Waals surface area (Å²) in [7, 11) is 1.87. The number of rotatable bonds is 7. The Morgan fingerprint density at radius 1 is 1.50 bits per heavy atom. The maximum absolute atomic E-state index is 12.0. The van der Waals surface area contributed by atoms with Crippen molar-refractivity contribution in [2.45, 2.75) is 32.6 Å². The molecule has 1 aromatic heterocycles. The Morgan fingerprint density at radius 2 is 2.22 bits per heavy atom. The summed E-state index contributed by atoms with van der Waals surface area (Å²) in [6, 6.07) is 2.05. The van der Waals surface area contributed by atoms with Gasteiger partial charge in [-0.2, -0.15) is 0 Å². The molecule has 0 saturated carbocycles. The second-order valence-electron chi connectivity index (χ2n) is 5.36. The van der Waals surface area contributed by atoms with E-state index in [-0.39, 0.29) is 17.2 Å². The Morgan fingerprint density at radius 3 is 2.72 bits per heavy atom. The molecule has 1 unspecified atom stereocenters. The van der Waals surface area contributed by atoms with Crippen LogP contribution in [0.2, 0.25) is 0 Å². The van der Waals surface area contributed by atoms with E-state index < -0.39 is 0 Å². The third-order valence-electron chi connectivity index (χ3n) is 3.40. The largest absolute Gasteiger partial charge is 0.367 e. The van der Waals surface area contributed by atoms with Gasteiger partial charge in [0.15, 0.2) is 0 Å². The molecule has 1 atom stereocenters. The Kier molecular flexibility index (Phi) is 5.41. The molecule has 0 aliphatic heterocycles. The smallest absolute Gasteiger partial charge is 0.224 e. The van der Waals surface area contributed by atoms with Crippen molar-refractivity contribution in [1.82, 2.24) is 15.6 Å². The van der Waals surface area contributed by atoms with Gasteiger partial charge in [0.25, 0.3) is 0 Å². The Balaban J connectivity index is 2.51. The van der Waals surface area contributed by atoms with Gasteiger partial charge < -0.3 is 15.6 Å². The highest BCUT2D eigenvalue weighted by molar-refractivity contribution is 5.78. The molecule has 0 radical (unpaired) electrons. The number of amides is 1. The van der Waals surface area contributed by atoms with Crippen molar-refractivity contribution in [3.05, 3.63) is 24.0 Å². The minimum Gasteiger partial charge on any atom is -0.367 e. The van der Waals surface area contributed by atoms with Crippen molar-refractivity contribution < 1.29 is 4.79 Å². The highest BCUT2D eigenvalue weighted by atomic mass is 16.1. The van der Waals surface area contributed by atoms with Crippen LogP contribution in [-0.2, 0) is 10.2 Å². The highest BCUT2D eigenvalue weighted by Crippen LogP contribution is 2.21. The number of nitrogens with one attached hydrogen (secondary N) is 3. The van der Waals surface area contributed by atoms with E-state index in [1.54, 1.807) is 0 Å². The van der Waals surface area contributed by atoms with E-state index >= 15 is 0 Å². The predicted octanol–water partition coefficient (Wildman–Crippen LogP) is 1.65. The van der Waals surface area contributed by atoms with Crippen molar-refractivity contribution >= 4 is 5.91 Å². The van der Waals surface area contributed by atoms with Gasteiger partial charge in [0, 0.05) is 30.9 Å². The summed E-state index contributed by atoms with van der Waals surface area (Å²) in [6.45, 7) is 7.70. The monoisotopic (exact) mass is 251 g/mol. The molecule has 1 amide bonds. The van der Waals surface area contributed by atoms with Gasteiger partial charge in [-0.1, -0.05) is 20.8 Å². The minimum atomic E-state index is -0.0480. The summed E-state index contributed by atoms with van der Waals surface area (Å²) in [5.74, 6) is 0.187. The van der Waals surface area contributed by atoms with Gasteiger partial charge in [-0.15, -0.1) is 0 Å². The minimum absolute atomic E-state index is 0.0480. The first-order valence-corrected chi connectivity index (χ1v) is 6.57. The summed E-state index contributed by atoms with van der Waals surface area (Å²) in [6.07, 6.45) is 4.75. The maximum Gasteiger partial charge on any atom is 0.224 e. The van der Waals surface area contributed by atoms with Crippen molar-refractivity contribution in [3.8, 4) is 0 Å². The van der Waals surface area contributed by atoms with E-state index in [1.165, 1.54) is 5.56 Å². The summed E-state index contributed by atoms with van der Waals surface area (Å²) >= 11 is 0. The SMILES string of the molecule is CCC(CNC)C(=O)NCC(C)(C)c1cc[nH]c1. The average Bonchev–Trinajstić information content (AvgIpc) is 2.87. The molecule has 4 nitrogen and oxygen atoms in total. The topological polar surface area (TPSA) is 56.9 Å². The molecule has 0 bridgehead atoms. The number of carbonyl (C=O) groups excluding carboxylic acids is 1.